The van der Waals surface area contributed by atoms with E-state index in [1.807, 2.05) is 26.0 Å². The Labute approximate surface area is 120 Å². The molecule has 2 N–H and O–H groups in total. The molecule has 4 heteroatoms. The van der Waals surface area contributed by atoms with Gasteiger partial charge < -0.3 is 15.4 Å². The van der Waals surface area contributed by atoms with Crippen molar-refractivity contribution in [3.8, 4) is 0 Å². The van der Waals surface area contributed by atoms with E-state index in [0.717, 1.165) is 19.4 Å². The van der Waals surface area contributed by atoms with Crippen LogP contribution in [-0.2, 0) is 22.5 Å². The summed E-state index contributed by atoms with van der Waals surface area (Å²) < 4.78 is 5.45. The third-order valence-corrected chi connectivity index (χ3v) is 3.47. The molecule has 1 amide bonds. The first-order chi connectivity index (χ1) is 9.66. The molecule has 0 radical (unpaired) electrons. The fourth-order valence-electron chi connectivity index (χ4n) is 2.37. The second-order valence-corrected chi connectivity index (χ2v) is 5.47. The van der Waals surface area contributed by atoms with Crippen LogP contribution in [0.5, 0.6) is 0 Å². The first kappa shape index (κ1) is 15.0. The maximum absolute atomic E-state index is 12.1. The molecular formula is C16H24N2O2. The largest absolute Gasteiger partial charge is 0.379 e. The normalized spacial score (nSPS) is 17.9. The standard InChI is InChI=1S/C16H24N2O2/c1-12(2)20-9-5-8-17-16(19)15-10-13-6-3-4-7-14(13)11-18-15/h3-4,6-7,12,15,18H,5,8-11H2,1-2H3,(H,17,19)/t15-/m0/s1. The van der Waals surface area contributed by atoms with Gasteiger partial charge in [-0.25, -0.2) is 0 Å². The van der Waals surface area contributed by atoms with Gasteiger partial charge in [0.15, 0.2) is 0 Å². The molecule has 2 rings (SSSR count). The molecule has 0 saturated carbocycles. The van der Waals surface area contributed by atoms with Crippen molar-refractivity contribution in [2.45, 2.75) is 45.4 Å². The van der Waals surface area contributed by atoms with E-state index in [1.54, 1.807) is 0 Å². The molecule has 1 aliphatic heterocycles. The molecule has 1 aliphatic rings. The quantitative estimate of drug-likeness (QED) is 0.777. The predicted octanol–water partition coefficient (Wildman–Crippen LogP) is 1.63. The van der Waals surface area contributed by atoms with Gasteiger partial charge in [-0.3, -0.25) is 4.79 Å². The van der Waals surface area contributed by atoms with Crippen LogP contribution in [0.15, 0.2) is 24.3 Å². The van der Waals surface area contributed by atoms with Crippen molar-refractivity contribution < 1.29 is 9.53 Å². The van der Waals surface area contributed by atoms with Crippen LogP contribution in [0.1, 0.15) is 31.4 Å². The van der Waals surface area contributed by atoms with E-state index >= 15 is 0 Å². The van der Waals surface area contributed by atoms with E-state index in [1.165, 1.54) is 11.1 Å². The molecule has 0 bridgehead atoms. The maximum Gasteiger partial charge on any atom is 0.237 e. The van der Waals surface area contributed by atoms with E-state index in [-0.39, 0.29) is 18.1 Å². The number of amides is 1. The van der Waals surface area contributed by atoms with Crippen LogP contribution in [0.4, 0.5) is 0 Å². The number of ether oxygens (including phenoxy) is 1. The molecule has 1 aromatic carbocycles. The van der Waals surface area contributed by atoms with Crippen LogP contribution in [0.2, 0.25) is 0 Å². The molecule has 0 fully saturated rings. The number of carbonyl (C=O) groups is 1. The van der Waals surface area contributed by atoms with Gasteiger partial charge in [-0.2, -0.15) is 0 Å². The van der Waals surface area contributed by atoms with E-state index in [2.05, 4.69) is 22.8 Å². The summed E-state index contributed by atoms with van der Waals surface area (Å²) in [5, 5.41) is 6.27. The third kappa shape index (κ3) is 4.32. The molecule has 110 valence electrons. The summed E-state index contributed by atoms with van der Waals surface area (Å²) in [5.74, 6) is 0.0871. The number of carbonyl (C=O) groups excluding carboxylic acids is 1. The summed E-state index contributed by atoms with van der Waals surface area (Å²) in [6.45, 7) is 6.17. The van der Waals surface area contributed by atoms with Gasteiger partial charge in [0.1, 0.15) is 0 Å². The number of hydrogen-bond acceptors (Lipinski definition) is 3. The Morgan fingerprint density at radius 1 is 1.40 bits per heavy atom. The van der Waals surface area contributed by atoms with Crippen LogP contribution in [-0.4, -0.2) is 31.2 Å². The molecule has 1 atom stereocenters. The molecule has 0 spiro atoms. The Hall–Kier alpha value is -1.39. The zero-order chi connectivity index (χ0) is 14.4. The molecule has 4 nitrogen and oxygen atoms in total. The Bertz CT molecular complexity index is 446. The lowest BCUT2D eigenvalue weighted by Gasteiger charge is -2.25. The monoisotopic (exact) mass is 276 g/mol. The topological polar surface area (TPSA) is 50.4 Å². The van der Waals surface area contributed by atoms with Gasteiger partial charge >= 0.3 is 0 Å². The number of hydrogen-bond donors (Lipinski definition) is 2. The van der Waals surface area contributed by atoms with Crippen molar-refractivity contribution in [2.75, 3.05) is 13.2 Å². The van der Waals surface area contributed by atoms with Crippen LogP contribution in [0, 0.1) is 0 Å². The van der Waals surface area contributed by atoms with Crippen LogP contribution in [0.3, 0.4) is 0 Å². The number of nitrogens with one attached hydrogen (secondary N) is 2. The summed E-state index contributed by atoms with van der Waals surface area (Å²) in [4.78, 5) is 12.1. The summed E-state index contributed by atoms with van der Waals surface area (Å²) in [7, 11) is 0. The lowest BCUT2D eigenvalue weighted by atomic mass is 9.95. The molecule has 0 saturated heterocycles. The Balaban J connectivity index is 1.72. The number of benzene rings is 1. The highest BCUT2D eigenvalue weighted by atomic mass is 16.5. The number of rotatable bonds is 6. The summed E-state index contributed by atoms with van der Waals surface area (Å²) in [6, 6.07) is 8.17. The van der Waals surface area contributed by atoms with Crippen molar-refractivity contribution in [1.82, 2.24) is 10.6 Å². The average molecular weight is 276 g/mol. The minimum Gasteiger partial charge on any atom is -0.379 e. The van der Waals surface area contributed by atoms with Crippen molar-refractivity contribution in [1.29, 1.82) is 0 Å². The van der Waals surface area contributed by atoms with Gasteiger partial charge in [0, 0.05) is 19.7 Å². The average Bonchev–Trinajstić information content (AvgIpc) is 2.46. The van der Waals surface area contributed by atoms with E-state index in [4.69, 9.17) is 4.74 Å². The maximum atomic E-state index is 12.1. The highest BCUT2D eigenvalue weighted by Gasteiger charge is 2.23. The minimum atomic E-state index is -0.115. The highest BCUT2D eigenvalue weighted by molar-refractivity contribution is 5.82. The Morgan fingerprint density at radius 3 is 2.90 bits per heavy atom. The fourth-order valence-corrected chi connectivity index (χ4v) is 2.37. The van der Waals surface area contributed by atoms with Gasteiger partial charge in [0.2, 0.25) is 5.91 Å². The van der Waals surface area contributed by atoms with E-state index in [0.29, 0.717) is 13.2 Å². The van der Waals surface area contributed by atoms with Crippen molar-refractivity contribution >= 4 is 5.91 Å². The van der Waals surface area contributed by atoms with Gasteiger partial charge in [-0.05, 0) is 37.8 Å². The van der Waals surface area contributed by atoms with Crippen molar-refractivity contribution in [3.63, 3.8) is 0 Å². The Kier molecular flexibility index (Phi) is 5.56. The lowest BCUT2D eigenvalue weighted by Crippen LogP contribution is -2.47. The molecule has 20 heavy (non-hydrogen) atoms. The van der Waals surface area contributed by atoms with Gasteiger partial charge in [0.25, 0.3) is 0 Å². The predicted molar refractivity (Wildman–Crippen MR) is 79.5 cm³/mol. The molecule has 1 aromatic rings. The van der Waals surface area contributed by atoms with Gasteiger partial charge in [-0.1, -0.05) is 24.3 Å². The summed E-state index contributed by atoms with van der Waals surface area (Å²) in [5.41, 5.74) is 2.57. The van der Waals surface area contributed by atoms with Crippen LogP contribution in [0.25, 0.3) is 0 Å². The molecule has 0 unspecified atom stereocenters. The summed E-state index contributed by atoms with van der Waals surface area (Å²) >= 11 is 0. The molecular weight excluding hydrogens is 252 g/mol. The second kappa shape index (κ2) is 7.41. The zero-order valence-corrected chi connectivity index (χ0v) is 12.3. The first-order valence-corrected chi connectivity index (χ1v) is 7.36. The minimum absolute atomic E-state index is 0.0871. The number of fused-ring (bicyclic) bond motifs is 1. The second-order valence-electron chi connectivity index (χ2n) is 5.47. The molecule has 0 aromatic heterocycles. The van der Waals surface area contributed by atoms with Gasteiger partial charge in [0.05, 0.1) is 12.1 Å². The first-order valence-electron chi connectivity index (χ1n) is 7.36. The SMILES string of the molecule is CC(C)OCCCNC(=O)[C@@H]1Cc2ccccc2CN1. The lowest BCUT2D eigenvalue weighted by molar-refractivity contribution is -0.123. The van der Waals surface area contributed by atoms with Crippen LogP contribution < -0.4 is 10.6 Å². The van der Waals surface area contributed by atoms with Crippen molar-refractivity contribution in [2.24, 2.45) is 0 Å². The van der Waals surface area contributed by atoms with E-state index in [9.17, 15) is 4.79 Å². The molecule has 0 aliphatic carbocycles. The third-order valence-electron chi connectivity index (χ3n) is 3.47. The highest BCUT2D eigenvalue weighted by Crippen LogP contribution is 2.16. The van der Waals surface area contributed by atoms with E-state index < -0.39 is 0 Å². The Morgan fingerprint density at radius 2 is 2.15 bits per heavy atom. The molecule has 1 heterocycles. The van der Waals surface area contributed by atoms with Gasteiger partial charge in [-0.15, -0.1) is 0 Å². The van der Waals surface area contributed by atoms with Crippen LogP contribution >= 0.6 is 0 Å². The van der Waals surface area contributed by atoms with Crippen molar-refractivity contribution in [3.05, 3.63) is 35.4 Å². The fraction of sp³-hybridized carbons (Fsp3) is 0.562. The smallest absolute Gasteiger partial charge is 0.237 e. The zero-order valence-electron chi connectivity index (χ0n) is 12.3. The summed E-state index contributed by atoms with van der Waals surface area (Å²) in [6.07, 6.45) is 1.87.